The second-order valence-corrected chi connectivity index (χ2v) is 5.21. The minimum absolute atomic E-state index is 0.180. The molecule has 0 aromatic carbocycles. The molecule has 3 aromatic rings. The average Bonchev–Trinajstić information content (AvgIpc) is 3.17. The number of aromatic nitrogens is 4. The predicted molar refractivity (Wildman–Crippen MR) is 91.6 cm³/mol. The number of hydrogen-bond acceptors (Lipinski definition) is 8. The summed E-state index contributed by atoms with van der Waals surface area (Å²) in [7, 11) is 0. The van der Waals surface area contributed by atoms with Crippen LogP contribution in [0.1, 0.15) is 16.1 Å². The van der Waals surface area contributed by atoms with Crippen LogP contribution in [0.3, 0.4) is 0 Å². The molecule has 3 rings (SSSR count). The molecular weight excluding hydrogens is 322 g/mol. The zero-order valence-corrected chi connectivity index (χ0v) is 13.6. The summed E-state index contributed by atoms with van der Waals surface area (Å²) < 4.78 is 4.76. The third kappa shape index (κ3) is 4.74. The van der Waals surface area contributed by atoms with Gasteiger partial charge < -0.3 is 20.5 Å². The Labute approximate surface area is 143 Å². The molecule has 3 aromatic heterocycles. The maximum absolute atomic E-state index is 11.6. The smallest absolute Gasteiger partial charge is 0.289 e. The van der Waals surface area contributed by atoms with Crippen molar-refractivity contribution in [2.75, 3.05) is 23.7 Å². The van der Waals surface area contributed by atoms with E-state index in [0.717, 1.165) is 5.56 Å². The Morgan fingerprint density at radius 3 is 2.52 bits per heavy atom. The molecule has 0 fully saturated rings. The van der Waals surface area contributed by atoms with Gasteiger partial charge in [-0.05, 0) is 30.7 Å². The van der Waals surface area contributed by atoms with Gasteiger partial charge in [0.25, 0.3) is 5.91 Å². The van der Waals surface area contributed by atoms with Gasteiger partial charge in [0, 0.05) is 25.4 Å². The molecule has 0 saturated carbocycles. The molecule has 3 heterocycles. The minimum atomic E-state index is -0.310. The van der Waals surface area contributed by atoms with Gasteiger partial charge in [-0.15, -0.1) is 10.2 Å². The van der Waals surface area contributed by atoms with Gasteiger partial charge in [0.15, 0.2) is 5.82 Å². The number of hydrogen-bond donors (Lipinski definition) is 3. The fourth-order valence-corrected chi connectivity index (χ4v) is 1.95. The molecule has 0 saturated heterocycles. The number of rotatable bonds is 7. The zero-order valence-electron chi connectivity index (χ0n) is 13.6. The van der Waals surface area contributed by atoms with E-state index in [1.54, 1.807) is 18.3 Å². The van der Waals surface area contributed by atoms with Crippen LogP contribution in [0, 0.1) is 6.92 Å². The summed E-state index contributed by atoms with van der Waals surface area (Å²) in [4.78, 5) is 15.9. The molecule has 128 valence electrons. The lowest BCUT2D eigenvalue weighted by Gasteiger charge is -2.07. The number of aryl methyl sites for hydroxylation is 1. The van der Waals surface area contributed by atoms with Gasteiger partial charge >= 0.3 is 0 Å². The van der Waals surface area contributed by atoms with Gasteiger partial charge in [0.05, 0.1) is 6.20 Å². The van der Waals surface area contributed by atoms with E-state index in [1.807, 2.05) is 19.1 Å². The van der Waals surface area contributed by atoms with E-state index >= 15 is 0 Å². The summed E-state index contributed by atoms with van der Waals surface area (Å²) in [5, 5.41) is 20.5. The Morgan fingerprint density at radius 1 is 1.04 bits per heavy atom. The molecule has 0 atom stereocenters. The molecule has 0 unspecified atom stereocenters. The molecule has 0 radical (unpaired) electrons. The van der Waals surface area contributed by atoms with Crippen molar-refractivity contribution in [1.29, 1.82) is 0 Å². The Balaban J connectivity index is 1.43. The van der Waals surface area contributed by atoms with Crippen LogP contribution in [0.2, 0.25) is 0 Å². The van der Waals surface area contributed by atoms with Crippen LogP contribution in [0.25, 0.3) is 0 Å². The van der Waals surface area contributed by atoms with E-state index in [1.165, 1.54) is 12.3 Å². The Bertz CT molecular complexity index is 802. The van der Waals surface area contributed by atoms with Crippen molar-refractivity contribution >= 4 is 23.4 Å². The van der Waals surface area contributed by atoms with Gasteiger partial charge in [0.1, 0.15) is 11.6 Å². The molecule has 3 N–H and O–H groups in total. The first-order chi connectivity index (χ1) is 12.2. The zero-order chi connectivity index (χ0) is 17.5. The third-order valence-corrected chi connectivity index (χ3v) is 3.21. The van der Waals surface area contributed by atoms with Crippen LogP contribution >= 0.6 is 0 Å². The number of carbonyl (C=O) groups excluding carboxylic acids is 1. The predicted octanol–water partition coefficient (Wildman–Crippen LogP) is 1.75. The first-order valence-corrected chi connectivity index (χ1v) is 7.67. The van der Waals surface area contributed by atoms with E-state index in [-0.39, 0.29) is 11.7 Å². The summed E-state index contributed by atoms with van der Waals surface area (Å²) >= 11 is 0. The molecule has 9 nitrogen and oxygen atoms in total. The van der Waals surface area contributed by atoms with Crippen molar-refractivity contribution in [3.63, 3.8) is 0 Å². The van der Waals surface area contributed by atoms with E-state index < -0.39 is 0 Å². The molecule has 25 heavy (non-hydrogen) atoms. The summed E-state index contributed by atoms with van der Waals surface area (Å²) in [5.41, 5.74) is 1.09. The van der Waals surface area contributed by atoms with Crippen molar-refractivity contribution < 1.29 is 9.32 Å². The monoisotopic (exact) mass is 339 g/mol. The highest BCUT2D eigenvalue weighted by Gasteiger charge is 2.08. The molecule has 0 aliphatic heterocycles. The quantitative estimate of drug-likeness (QED) is 0.557. The van der Waals surface area contributed by atoms with Crippen LogP contribution in [0.15, 0.2) is 47.2 Å². The fourth-order valence-electron chi connectivity index (χ4n) is 1.95. The van der Waals surface area contributed by atoms with E-state index in [2.05, 4.69) is 36.3 Å². The number of amides is 1. The molecule has 0 bridgehead atoms. The third-order valence-electron chi connectivity index (χ3n) is 3.21. The fraction of sp³-hybridized carbons (Fsp3) is 0.188. The standard InChI is InChI=1S/C16H17N7O2/c1-11-2-3-13(19-10-11)21-15-5-4-14(22-23-15)17-8-9-18-16(24)12-6-7-20-25-12/h2-7,10H,8-9H2,1H3,(H,17,22)(H,18,24)(H,19,21,23). The second kappa shape index (κ2) is 7.86. The molecule has 0 aliphatic rings. The average molecular weight is 339 g/mol. The first kappa shape index (κ1) is 16.4. The van der Waals surface area contributed by atoms with Crippen molar-refractivity contribution in [2.45, 2.75) is 6.92 Å². The van der Waals surface area contributed by atoms with Crippen LogP contribution in [0.4, 0.5) is 17.5 Å². The van der Waals surface area contributed by atoms with E-state index in [4.69, 9.17) is 4.52 Å². The number of nitrogens with one attached hydrogen (secondary N) is 3. The molecular formula is C16H17N7O2. The Kier molecular flexibility index (Phi) is 5.15. The van der Waals surface area contributed by atoms with Gasteiger partial charge in [-0.1, -0.05) is 11.2 Å². The van der Waals surface area contributed by atoms with Gasteiger partial charge in [-0.3, -0.25) is 4.79 Å². The van der Waals surface area contributed by atoms with Crippen molar-refractivity contribution in [1.82, 2.24) is 25.7 Å². The van der Waals surface area contributed by atoms with Crippen LogP contribution in [-0.2, 0) is 0 Å². The maximum Gasteiger partial charge on any atom is 0.289 e. The molecule has 0 aliphatic carbocycles. The van der Waals surface area contributed by atoms with Crippen LogP contribution in [0.5, 0.6) is 0 Å². The molecule has 0 spiro atoms. The SMILES string of the molecule is Cc1ccc(Nc2ccc(NCCNC(=O)c3ccno3)nn2)nc1. The number of nitrogens with zero attached hydrogens (tertiary/aromatic N) is 4. The van der Waals surface area contributed by atoms with Gasteiger partial charge in [0.2, 0.25) is 5.76 Å². The Morgan fingerprint density at radius 2 is 1.84 bits per heavy atom. The molecule has 1 amide bonds. The van der Waals surface area contributed by atoms with E-state index in [0.29, 0.717) is 30.5 Å². The highest BCUT2D eigenvalue weighted by Crippen LogP contribution is 2.12. The number of pyridine rings is 1. The largest absolute Gasteiger partial charge is 0.367 e. The Hall–Kier alpha value is -3.49. The van der Waals surface area contributed by atoms with Crippen molar-refractivity contribution in [3.05, 3.63) is 54.0 Å². The van der Waals surface area contributed by atoms with Crippen molar-refractivity contribution in [3.8, 4) is 0 Å². The summed E-state index contributed by atoms with van der Waals surface area (Å²) in [6, 6.07) is 8.93. The topological polar surface area (TPSA) is 118 Å². The second-order valence-electron chi connectivity index (χ2n) is 5.21. The summed E-state index contributed by atoms with van der Waals surface area (Å²) in [5.74, 6) is 1.78. The lowest BCUT2D eigenvalue weighted by molar-refractivity contribution is 0.0918. The van der Waals surface area contributed by atoms with Gasteiger partial charge in [-0.25, -0.2) is 4.98 Å². The lowest BCUT2D eigenvalue weighted by Crippen LogP contribution is -2.28. The minimum Gasteiger partial charge on any atom is -0.367 e. The van der Waals surface area contributed by atoms with Gasteiger partial charge in [-0.2, -0.15) is 0 Å². The maximum atomic E-state index is 11.6. The highest BCUT2D eigenvalue weighted by molar-refractivity contribution is 5.91. The van der Waals surface area contributed by atoms with Crippen LogP contribution < -0.4 is 16.0 Å². The van der Waals surface area contributed by atoms with Crippen LogP contribution in [-0.4, -0.2) is 39.3 Å². The molecule has 9 heteroatoms. The highest BCUT2D eigenvalue weighted by atomic mass is 16.5. The van der Waals surface area contributed by atoms with Crippen molar-refractivity contribution in [2.24, 2.45) is 0 Å². The number of carbonyl (C=O) groups is 1. The summed E-state index contributed by atoms with van der Waals surface area (Å²) in [6.45, 7) is 2.89. The first-order valence-electron chi connectivity index (χ1n) is 7.67. The summed E-state index contributed by atoms with van der Waals surface area (Å²) in [6.07, 6.45) is 3.20. The van der Waals surface area contributed by atoms with E-state index in [9.17, 15) is 4.79 Å². The number of anilines is 3. The lowest BCUT2D eigenvalue weighted by atomic mass is 10.3. The normalized spacial score (nSPS) is 10.3.